The molecule has 0 aromatic heterocycles. The van der Waals surface area contributed by atoms with E-state index in [9.17, 15) is 14.7 Å². The van der Waals surface area contributed by atoms with E-state index in [1.165, 1.54) is 0 Å². The molecule has 0 aliphatic carbocycles. The topological polar surface area (TPSA) is 88.1 Å². The lowest BCUT2D eigenvalue weighted by molar-refractivity contribution is -0.150. The normalized spacial score (nSPS) is 27.5. The van der Waals surface area contributed by atoms with Crippen molar-refractivity contribution in [3.05, 3.63) is 33.8 Å². The first-order chi connectivity index (χ1) is 13.9. The number of nitrogens with zero attached hydrogens (tertiary/aromatic N) is 1. The summed E-state index contributed by atoms with van der Waals surface area (Å²) in [6.07, 6.45) is 0.141. The summed E-state index contributed by atoms with van der Waals surface area (Å²) in [5.41, 5.74) is 0.361. The van der Waals surface area contributed by atoms with E-state index < -0.39 is 6.10 Å². The van der Waals surface area contributed by atoms with E-state index in [-0.39, 0.29) is 56.2 Å². The van der Waals surface area contributed by atoms with Crippen molar-refractivity contribution in [2.45, 2.75) is 50.5 Å². The maximum absolute atomic E-state index is 13.3. The van der Waals surface area contributed by atoms with Crippen LogP contribution in [0.4, 0.5) is 0 Å². The highest BCUT2D eigenvalue weighted by Crippen LogP contribution is 2.29. The number of nitrogens with one attached hydrogen (secondary N) is 1. The maximum atomic E-state index is 13.3. The number of rotatable bonds is 4. The number of ether oxygens (including phenoxy) is 2. The fourth-order valence-electron chi connectivity index (χ4n) is 3.89. The molecule has 2 aliphatic rings. The summed E-state index contributed by atoms with van der Waals surface area (Å²) in [5.74, 6) is -0.323. The third kappa shape index (κ3) is 5.83. The van der Waals surface area contributed by atoms with Gasteiger partial charge in [-0.2, -0.15) is 0 Å². The average Bonchev–Trinajstić information content (AvgIpc) is 2.64. The zero-order chi connectivity index (χ0) is 21.0. The molecule has 0 spiro atoms. The monoisotopic (exact) mass is 444 g/mol. The lowest BCUT2D eigenvalue weighted by Gasteiger charge is -2.44. The Labute approximate surface area is 180 Å². The molecular weight excluding hydrogens is 419 g/mol. The second kappa shape index (κ2) is 10.1. The molecule has 2 fully saturated rings. The highest BCUT2D eigenvalue weighted by Gasteiger charge is 2.40. The molecule has 0 bridgehead atoms. The molecule has 1 aromatic carbocycles. The van der Waals surface area contributed by atoms with Crippen LogP contribution in [0.25, 0.3) is 0 Å². The van der Waals surface area contributed by atoms with Crippen LogP contribution >= 0.6 is 23.2 Å². The Morgan fingerprint density at radius 3 is 2.62 bits per heavy atom. The average molecular weight is 445 g/mol. The van der Waals surface area contributed by atoms with Crippen LogP contribution in [0.2, 0.25) is 10.0 Å². The zero-order valence-corrected chi connectivity index (χ0v) is 17.8. The molecule has 2 saturated heterocycles. The van der Waals surface area contributed by atoms with Crippen molar-refractivity contribution < 1.29 is 24.2 Å². The van der Waals surface area contributed by atoms with E-state index in [2.05, 4.69) is 5.32 Å². The molecular formula is C20H26Cl2N2O5. The van der Waals surface area contributed by atoms with Gasteiger partial charge in [0.2, 0.25) is 5.91 Å². The molecule has 2 N–H and O–H groups in total. The summed E-state index contributed by atoms with van der Waals surface area (Å²) < 4.78 is 11.7. The first-order valence-electron chi connectivity index (χ1n) is 9.82. The van der Waals surface area contributed by atoms with Crippen LogP contribution in [0.1, 0.15) is 36.5 Å². The van der Waals surface area contributed by atoms with Crippen molar-refractivity contribution in [2.24, 2.45) is 0 Å². The minimum atomic E-state index is -0.803. The number of aliphatic hydroxyl groups is 1. The number of halogens is 2. The second-order valence-electron chi connectivity index (χ2n) is 7.41. The molecule has 0 unspecified atom stereocenters. The van der Waals surface area contributed by atoms with Gasteiger partial charge >= 0.3 is 0 Å². The molecule has 4 atom stereocenters. The van der Waals surface area contributed by atoms with E-state index in [1.807, 2.05) is 6.92 Å². The van der Waals surface area contributed by atoms with E-state index in [0.717, 1.165) is 0 Å². The fourth-order valence-corrected chi connectivity index (χ4v) is 4.42. The van der Waals surface area contributed by atoms with E-state index in [0.29, 0.717) is 35.0 Å². The van der Waals surface area contributed by atoms with Crippen molar-refractivity contribution in [3.63, 3.8) is 0 Å². The number of carbonyl (C=O) groups excluding carboxylic acids is 2. The van der Waals surface area contributed by atoms with Gasteiger partial charge in [0.25, 0.3) is 5.91 Å². The molecule has 1 aromatic rings. The minimum Gasteiger partial charge on any atom is -0.389 e. The van der Waals surface area contributed by atoms with Crippen molar-refractivity contribution in [1.29, 1.82) is 0 Å². The number of aliphatic hydroxyl groups excluding tert-OH is 1. The van der Waals surface area contributed by atoms with Crippen LogP contribution < -0.4 is 5.32 Å². The van der Waals surface area contributed by atoms with Gasteiger partial charge in [-0.05, 0) is 38.0 Å². The zero-order valence-electron chi connectivity index (χ0n) is 16.3. The standard InChI is InChI=1S/C20H26Cl2N2O5/c1-2-23-19(26)8-16-3-4-17-18(29-16)11-28-10-15(25)9-24(17)20(27)12-5-13(21)7-14(22)6-12/h5-7,15-18,25H,2-4,8-11H2,1H3,(H,23,26)/t15-,16-,17-,18+/m0/s1. The first-order valence-corrected chi connectivity index (χ1v) is 10.6. The molecule has 7 nitrogen and oxygen atoms in total. The number of benzene rings is 1. The van der Waals surface area contributed by atoms with Crippen molar-refractivity contribution in [3.8, 4) is 0 Å². The van der Waals surface area contributed by atoms with Crippen LogP contribution in [-0.2, 0) is 14.3 Å². The number of fused-ring (bicyclic) bond motifs is 1. The Hall–Kier alpha value is -1.38. The molecule has 29 heavy (non-hydrogen) atoms. The van der Waals surface area contributed by atoms with Crippen LogP contribution in [0, 0.1) is 0 Å². The summed E-state index contributed by atoms with van der Waals surface area (Å²) in [6.45, 7) is 2.91. The molecule has 9 heteroatoms. The molecule has 2 aliphatic heterocycles. The Morgan fingerprint density at radius 2 is 1.93 bits per heavy atom. The quantitative estimate of drug-likeness (QED) is 0.743. The largest absolute Gasteiger partial charge is 0.389 e. The predicted octanol–water partition coefficient (Wildman–Crippen LogP) is 2.27. The summed E-state index contributed by atoms with van der Waals surface area (Å²) in [5, 5.41) is 13.8. The van der Waals surface area contributed by atoms with Crippen LogP contribution in [0.5, 0.6) is 0 Å². The Morgan fingerprint density at radius 1 is 1.21 bits per heavy atom. The third-order valence-electron chi connectivity index (χ3n) is 5.14. The fraction of sp³-hybridized carbons (Fsp3) is 0.600. The van der Waals surface area contributed by atoms with Gasteiger partial charge in [0.05, 0.1) is 37.9 Å². The lowest BCUT2D eigenvalue weighted by atomic mass is 9.94. The predicted molar refractivity (Wildman–Crippen MR) is 109 cm³/mol. The molecule has 2 amide bonds. The Kier molecular flexibility index (Phi) is 7.76. The summed E-state index contributed by atoms with van der Waals surface area (Å²) in [6, 6.07) is 4.41. The van der Waals surface area contributed by atoms with Gasteiger partial charge in [0.15, 0.2) is 0 Å². The summed E-state index contributed by atoms with van der Waals surface area (Å²) in [7, 11) is 0. The molecule has 0 radical (unpaired) electrons. The number of β-amino-alcohol motifs (C(OH)–C–C–N with tert-alkyl or cyclic N) is 1. The van der Waals surface area contributed by atoms with Gasteiger partial charge in [0, 0.05) is 28.7 Å². The number of amides is 2. The van der Waals surface area contributed by atoms with E-state index in [1.54, 1.807) is 23.1 Å². The molecule has 3 rings (SSSR count). The van der Waals surface area contributed by atoms with Crippen LogP contribution in [0.3, 0.4) is 0 Å². The van der Waals surface area contributed by atoms with Gasteiger partial charge in [-0.1, -0.05) is 23.2 Å². The molecule has 2 heterocycles. The van der Waals surface area contributed by atoms with Crippen molar-refractivity contribution in [1.82, 2.24) is 10.2 Å². The SMILES string of the molecule is CCNC(=O)C[C@@H]1CC[C@H]2[C@@H](COC[C@@H](O)CN2C(=O)c2cc(Cl)cc(Cl)c2)O1. The smallest absolute Gasteiger partial charge is 0.254 e. The van der Waals surface area contributed by atoms with Gasteiger partial charge in [-0.25, -0.2) is 0 Å². The van der Waals surface area contributed by atoms with Crippen molar-refractivity contribution in [2.75, 3.05) is 26.3 Å². The summed E-state index contributed by atoms with van der Waals surface area (Å²) in [4.78, 5) is 26.8. The Balaban J connectivity index is 1.78. The van der Waals surface area contributed by atoms with Gasteiger partial charge in [0.1, 0.15) is 6.10 Å². The van der Waals surface area contributed by atoms with Gasteiger partial charge in [-0.15, -0.1) is 0 Å². The van der Waals surface area contributed by atoms with Crippen LogP contribution in [0.15, 0.2) is 18.2 Å². The number of carbonyl (C=O) groups is 2. The molecule has 160 valence electrons. The van der Waals surface area contributed by atoms with Crippen molar-refractivity contribution >= 4 is 35.0 Å². The van der Waals surface area contributed by atoms with Gasteiger partial charge < -0.3 is 24.8 Å². The first kappa shape index (κ1) is 22.3. The van der Waals surface area contributed by atoms with E-state index >= 15 is 0 Å². The Bertz CT molecular complexity index is 727. The third-order valence-corrected chi connectivity index (χ3v) is 5.57. The molecule has 0 saturated carbocycles. The van der Waals surface area contributed by atoms with Crippen LogP contribution in [-0.4, -0.2) is 72.5 Å². The highest BCUT2D eigenvalue weighted by molar-refractivity contribution is 6.35. The maximum Gasteiger partial charge on any atom is 0.254 e. The second-order valence-corrected chi connectivity index (χ2v) is 8.28. The number of hydrogen-bond acceptors (Lipinski definition) is 5. The number of hydrogen-bond donors (Lipinski definition) is 2. The van der Waals surface area contributed by atoms with Gasteiger partial charge in [-0.3, -0.25) is 9.59 Å². The lowest BCUT2D eigenvalue weighted by Crippen LogP contribution is -2.57. The highest BCUT2D eigenvalue weighted by atomic mass is 35.5. The minimum absolute atomic E-state index is 0.0559. The van der Waals surface area contributed by atoms with E-state index in [4.69, 9.17) is 32.7 Å². The summed E-state index contributed by atoms with van der Waals surface area (Å²) >= 11 is 12.1.